The first-order valence-corrected chi connectivity index (χ1v) is 6.43. The van der Waals surface area contributed by atoms with E-state index in [9.17, 15) is 22.4 Å². The lowest BCUT2D eigenvalue weighted by molar-refractivity contribution is -0.140. The highest BCUT2D eigenvalue weighted by Gasteiger charge is 2.40. The second-order valence-electron chi connectivity index (χ2n) is 3.90. The highest BCUT2D eigenvalue weighted by molar-refractivity contribution is 7.98. The maximum absolute atomic E-state index is 13.4. The Labute approximate surface area is 123 Å². The fraction of sp³-hybridized carbons (Fsp3) is 0.182. The number of aromatic amines is 1. The van der Waals surface area contributed by atoms with Gasteiger partial charge in [-0.1, -0.05) is 11.8 Å². The fourth-order valence-corrected chi connectivity index (χ4v) is 2.43. The Hall–Kier alpha value is -2.48. The maximum Gasteiger partial charge on any atom is 0.420 e. The molecule has 0 aliphatic rings. The summed E-state index contributed by atoms with van der Waals surface area (Å²) in [6.07, 6.45) is -5.19. The second-order valence-corrected chi connectivity index (χ2v) is 4.88. The van der Waals surface area contributed by atoms with Gasteiger partial charge in [-0.05, 0) is 5.16 Å². The quantitative estimate of drug-likeness (QED) is 0.659. The summed E-state index contributed by atoms with van der Waals surface area (Å²) < 4.78 is 56.4. The molecule has 0 atom stereocenters. The van der Waals surface area contributed by atoms with E-state index in [-0.39, 0.29) is 11.5 Å². The Morgan fingerprint density at radius 2 is 2.18 bits per heavy atom. The van der Waals surface area contributed by atoms with Gasteiger partial charge in [-0.2, -0.15) is 18.4 Å². The van der Waals surface area contributed by atoms with Crippen LogP contribution in [0, 0.1) is 17.1 Å². The number of nitrogens with one attached hydrogen (secondary N) is 1. The van der Waals surface area contributed by atoms with Gasteiger partial charge in [0, 0.05) is 6.07 Å². The fourth-order valence-electron chi connectivity index (χ4n) is 1.55. The number of alkyl halides is 3. The molecular weight excluding hydrogens is 330 g/mol. The van der Waals surface area contributed by atoms with Gasteiger partial charge >= 0.3 is 6.18 Å². The van der Waals surface area contributed by atoms with Crippen LogP contribution in [-0.2, 0) is 11.9 Å². The van der Waals surface area contributed by atoms with Crippen LogP contribution in [0.3, 0.4) is 0 Å². The van der Waals surface area contributed by atoms with Crippen molar-refractivity contribution < 1.29 is 27.2 Å². The van der Waals surface area contributed by atoms with E-state index in [1.165, 1.54) is 6.07 Å². The minimum atomic E-state index is -5.19. The topological polar surface area (TPSA) is 103 Å². The minimum Gasteiger partial charge on any atom is -0.491 e. The van der Waals surface area contributed by atoms with E-state index in [1.54, 1.807) is 0 Å². The third-order valence-corrected chi connectivity index (χ3v) is 3.45. The number of aromatic hydroxyl groups is 1. The molecule has 0 unspecified atom stereocenters. The van der Waals surface area contributed by atoms with Gasteiger partial charge < -0.3 is 14.6 Å². The smallest absolute Gasteiger partial charge is 0.420 e. The number of pyridine rings is 1. The number of hydrogen-bond donors (Lipinski definition) is 2. The number of thioether (sulfide) groups is 1. The third kappa shape index (κ3) is 3.06. The monoisotopic (exact) mass is 335 g/mol. The molecule has 2 aromatic rings. The van der Waals surface area contributed by atoms with Gasteiger partial charge in [-0.25, -0.2) is 4.39 Å². The number of nitrogens with zero attached hydrogens (tertiary/aromatic N) is 2. The van der Waals surface area contributed by atoms with Crippen LogP contribution in [0.5, 0.6) is 5.88 Å². The van der Waals surface area contributed by atoms with Crippen LogP contribution in [0.1, 0.15) is 16.9 Å². The van der Waals surface area contributed by atoms with Crippen LogP contribution < -0.4 is 5.56 Å². The van der Waals surface area contributed by atoms with Crippen molar-refractivity contribution in [3.63, 3.8) is 0 Å². The molecule has 0 amide bonds. The lowest BCUT2D eigenvalue weighted by Gasteiger charge is -2.12. The van der Waals surface area contributed by atoms with Gasteiger partial charge in [0.15, 0.2) is 5.76 Å². The molecule has 11 heteroatoms. The van der Waals surface area contributed by atoms with Crippen molar-refractivity contribution in [2.24, 2.45) is 0 Å². The molecule has 0 spiro atoms. The van der Waals surface area contributed by atoms with E-state index in [2.05, 4.69) is 9.68 Å². The maximum atomic E-state index is 13.4. The van der Waals surface area contributed by atoms with Crippen LogP contribution in [0.2, 0.25) is 0 Å². The van der Waals surface area contributed by atoms with Crippen molar-refractivity contribution >= 4 is 11.8 Å². The van der Waals surface area contributed by atoms with Gasteiger partial charge in [0.05, 0.1) is 16.3 Å². The molecule has 6 nitrogen and oxygen atoms in total. The van der Waals surface area contributed by atoms with Gasteiger partial charge in [-0.3, -0.25) is 4.79 Å². The van der Waals surface area contributed by atoms with Gasteiger partial charge in [0.1, 0.15) is 11.6 Å². The van der Waals surface area contributed by atoms with E-state index in [4.69, 9.17) is 10.4 Å². The number of rotatable bonds is 3. The number of nitriles is 1. The predicted molar refractivity (Wildman–Crippen MR) is 64.5 cm³/mol. The average molecular weight is 335 g/mol. The molecular formula is C11H5F4N3O3S. The molecule has 22 heavy (non-hydrogen) atoms. The summed E-state index contributed by atoms with van der Waals surface area (Å²) >= 11 is 0.602. The van der Waals surface area contributed by atoms with Gasteiger partial charge in [0.25, 0.3) is 11.4 Å². The first-order valence-electron chi connectivity index (χ1n) is 5.44. The summed E-state index contributed by atoms with van der Waals surface area (Å²) in [7, 11) is 0. The average Bonchev–Trinajstić information content (AvgIpc) is 2.83. The number of aromatic nitrogens is 2. The summed E-state index contributed by atoms with van der Waals surface area (Å²) in [6, 6.07) is 2.34. The molecule has 2 aromatic heterocycles. The molecule has 0 radical (unpaired) electrons. The summed E-state index contributed by atoms with van der Waals surface area (Å²) in [6.45, 7) is 0. The van der Waals surface area contributed by atoms with Crippen molar-refractivity contribution in [2.45, 2.75) is 17.0 Å². The number of halogens is 4. The molecule has 0 bridgehead atoms. The SMILES string of the molecule is N#Cc1c(SCc2cc(O)no2)[nH]c(=O)c(F)c1C(F)(F)F. The number of H-pyrrole nitrogens is 1. The molecule has 0 saturated carbocycles. The van der Waals surface area contributed by atoms with Crippen molar-refractivity contribution in [3.05, 3.63) is 39.1 Å². The third-order valence-electron chi connectivity index (χ3n) is 2.42. The zero-order valence-corrected chi connectivity index (χ0v) is 11.2. The van der Waals surface area contributed by atoms with Crippen molar-refractivity contribution in [1.29, 1.82) is 5.26 Å². The lowest BCUT2D eigenvalue weighted by atomic mass is 10.1. The molecule has 0 aliphatic heterocycles. The summed E-state index contributed by atoms with van der Waals surface area (Å²) in [5.41, 5.74) is -4.53. The molecule has 0 saturated heterocycles. The largest absolute Gasteiger partial charge is 0.491 e. The Morgan fingerprint density at radius 1 is 1.50 bits per heavy atom. The highest BCUT2D eigenvalue weighted by atomic mass is 32.2. The molecule has 2 N–H and O–H groups in total. The Kier molecular flexibility index (Phi) is 4.14. The molecule has 116 valence electrons. The Morgan fingerprint density at radius 3 is 2.68 bits per heavy atom. The second kappa shape index (κ2) is 5.72. The number of hydrogen-bond acceptors (Lipinski definition) is 6. The standard InChI is InChI=1S/C11H5F4N3O3S/c12-8-7(11(13,14)15)5(2-16)10(17-9(8)20)22-3-4-1-6(19)18-21-4/h1H,3H2,(H,17,20)(H,18,19). The van der Waals surface area contributed by atoms with Crippen molar-refractivity contribution in [1.82, 2.24) is 10.1 Å². The molecule has 0 aromatic carbocycles. The van der Waals surface area contributed by atoms with Crippen molar-refractivity contribution in [2.75, 3.05) is 0 Å². The van der Waals surface area contributed by atoms with Crippen LogP contribution in [0.4, 0.5) is 17.6 Å². The molecule has 2 heterocycles. The van der Waals surface area contributed by atoms with Crippen LogP contribution >= 0.6 is 11.8 Å². The molecule has 2 rings (SSSR count). The summed E-state index contributed by atoms with van der Waals surface area (Å²) in [4.78, 5) is 13.1. The van der Waals surface area contributed by atoms with E-state index in [1.807, 2.05) is 4.98 Å². The molecule has 0 aliphatic carbocycles. The van der Waals surface area contributed by atoms with E-state index in [0.29, 0.717) is 11.8 Å². The first kappa shape index (κ1) is 15.9. The van der Waals surface area contributed by atoms with Gasteiger partial charge in [-0.15, -0.1) is 0 Å². The van der Waals surface area contributed by atoms with Crippen LogP contribution in [0.15, 0.2) is 20.4 Å². The zero-order chi connectivity index (χ0) is 16.5. The summed E-state index contributed by atoms with van der Waals surface area (Å²) in [5, 5.41) is 20.5. The Bertz CT molecular complexity index is 806. The molecule has 0 fully saturated rings. The normalized spacial score (nSPS) is 11.4. The highest BCUT2D eigenvalue weighted by Crippen LogP contribution is 2.36. The van der Waals surface area contributed by atoms with E-state index < -0.39 is 39.6 Å². The van der Waals surface area contributed by atoms with Crippen LogP contribution in [0.25, 0.3) is 0 Å². The van der Waals surface area contributed by atoms with E-state index >= 15 is 0 Å². The lowest BCUT2D eigenvalue weighted by Crippen LogP contribution is -2.22. The summed E-state index contributed by atoms with van der Waals surface area (Å²) in [5.74, 6) is -2.54. The van der Waals surface area contributed by atoms with E-state index in [0.717, 1.165) is 6.07 Å². The predicted octanol–water partition coefficient (Wildman–Crippen LogP) is 2.39. The zero-order valence-electron chi connectivity index (χ0n) is 10.4. The van der Waals surface area contributed by atoms with Crippen LogP contribution in [-0.4, -0.2) is 15.2 Å². The van der Waals surface area contributed by atoms with Gasteiger partial charge in [0.2, 0.25) is 5.82 Å². The Balaban J connectivity index is 2.46. The first-order chi connectivity index (χ1) is 10.2. The minimum absolute atomic E-state index is 0.0881. The van der Waals surface area contributed by atoms with Crippen molar-refractivity contribution in [3.8, 4) is 11.9 Å².